The Hall–Kier alpha value is -5.89. The van der Waals surface area contributed by atoms with Crippen molar-refractivity contribution >= 4 is 35.7 Å². The third-order valence-electron chi connectivity index (χ3n) is 9.96. The van der Waals surface area contributed by atoms with Crippen LogP contribution in [0, 0.1) is 0 Å². The van der Waals surface area contributed by atoms with Crippen molar-refractivity contribution < 1.29 is 33.3 Å². The van der Waals surface area contributed by atoms with Crippen LogP contribution in [0.25, 0.3) is 12.2 Å². The first-order valence-electron chi connectivity index (χ1n) is 21.1. The summed E-state index contributed by atoms with van der Waals surface area (Å²) in [4.78, 5) is 36.8. The highest BCUT2D eigenvalue weighted by atomic mass is 16.5. The maximum atomic E-state index is 12.9. The molecule has 0 unspecified atom stereocenters. The average Bonchev–Trinajstić information content (AvgIpc) is 3.26. The van der Waals surface area contributed by atoms with E-state index in [1.54, 1.807) is 48.6 Å². The lowest BCUT2D eigenvalue weighted by Gasteiger charge is -2.11. The van der Waals surface area contributed by atoms with Gasteiger partial charge < -0.3 is 24.3 Å². The van der Waals surface area contributed by atoms with Crippen molar-refractivity contribution in [2.45, 2.75) is 96.8 Å². The SMILES string of the molecule is C=CC(=O)OCCCCCCOc1ccc(C(=O)Oc2ccc(CCCCCCCCc3ccc(OC(=O)c4ccc(NCCCC)cc4)c(C=C)c3)cc2C=C)cc1. The standard InChI is InChI=1S/C51H61NO7/c1-5-9-34-52-45-28-24-43(25-29-45)50(54)58-47-32-22-39(37-41(47)6-2)20-16-12-10-11-13-17-21-40-23-33-48(42(7-3)38-40)59-51(55)44-26-30-46(31-27-44)56-35-18-14-15-19-36-57-49(53)8-4/h6-8,22-33,37-38,52H,2-5,9-21,34-36H2,1H3. The molecule has 0 aliphatic rings. The van der Waals surface area contributed by atoms with Crippen molar-refractivity contribution in [1.82, 2.24) is 0 Å². The van der Waals surface area contributed by atoms with E-state index < -0.39 is 11.9 Å². The molecule has 4 aromatic carbocycles. The predicted octanol–water partition coefficient (Wildman–Crippen LogP) is 12.4. The highest BCUT2D eigenvalue weighted by Crippen LogP contribution is 2.26. The molecule has 0 aliphatic heterocycles. The van der Waals surface area contributed by atoms with Gasteiger partial charge in [0.1, 0.15) is 17.2 Å². The van der Waals surface area contributed by atoms with Gasteiger partial charge in [-0.3, -0.25) is 0 Å². The van der Waals surface area contributed by atoms with Gasteiger partial charge in [-0.1, -0.05) is 83.0 Å². The molecule has 0 heterocycles. The lowest BCUT2D eigenvalue weighted by Crippen LogP contribution is -2.10. The zero-order chi connectivity index (χ0) is 42.1. The third-order valence-corrected chi connectivity index (χ3v) is 9.96. The van der Waals surface area contributed by atoms with Gasteiger partial charge >= 0.3 is 17.9 Å². The monoisotopic (exact) mass is 799 g/mol. The summed E-state index contributed by atoms with van der Waals surface area (Å²) in [5.74, 6) is 0.493. The Labute approximate surface area is 351 Å². The molecule has 4 rings (SSSR count). The number of rotatable bonds is 28. The lowest BCUT2D eigenvalue weighted by molar-refractivity contribution is -0.137. The molecule has 0 fully saturated rings. The first-order chi connectivity index (χ1) is 28.8. The fourth-order valence-electron chi connectivity index (χ4n) is 6.50. The first kappa shape index (κ1) is 45.8. The number of aryl methyl sites for hydroxylation is 2. The minimum Gasteiger partial charge on any atom is -0.494 e. The topological polar surface area (TPSA) is 100 Å². The molecule has 312 valence electrons. The second-order valence-corrected chi connectivity index (χ2v) is 14.6. The molecule has 1 N–H and O–H groups in total. The van der Waals surface area contributed by atoms with Crippen molar-refractivity contribution in [3.05, 3.63) is 144 Å². The number of benzene rings is 4. The zero-order valence-electron chi connectivity index (χ0n) is 34.8. The summed E-state index contributed by atoms with van der Waals surface area (Å²) < 4.78 is 22.3. The van der Waals surface area contributed by atoms with E-state index in [9.17, 15) is 14.4 Å². The van der Waals surface area contributed by atoms with Gasteiger partial charge in [0.25, 0.3) is 0 Å². The number of esters is 3. The van der Waals surface area contributed by atoms with Gasteiger partial charge in [0.2, 0.25) is 0 Å². The maximum absolute atomic E-state index is 12.9. The molecule has 0 saturated heterocycles. The van der Waals surface area contributed by atoms with Crippen LogP contribution in [-0.2, 0) is 22.4 Å². The van der Waals surface area contributed by atoms with Gasteiger partial charge in [0, 0.05) is 29.4 Å². The summed E-state index contributed by atoms with van der Waals surface area (Å²) in [5.41, 5.74) is 5.96. The molecule has 0 atom stereocenters. The van der Waals surface area contributed by atoms with Gasteiger partial charge in [0.15, 0.2) is 0 Å². The summed E-state index contributed by atoms with van der Waals surface area (Å²) in [7, 11) is 0. The number of hydrogen-bond donors (Lipinski definition) is 1. The Kier molecular flexibility index (Phi) is 20.3. The molecule has 8 nitrogen and oxygen atoms in total. The van der Waals surface area contributed by atoms with E-state index in [0.717, 1.165) is 100 Å². The normalized spacial score (nSPS) is 10.7. The molecule has 4 aromatic rings. The average molecular weight is 800 g/mol. The minimum absolute atomic E-state index is 0.381. The zero-order valence-corrected chi connectivity index (χ0v) is 34.8. The second-order valence-electron chi connectivity index (χ2n) is 14.6. The lowest BCUT2D eigenvalue weighted by atomic mass is 10.0. The number of hydrogen-bond acceptors (Lipinski definition) is 8. The summed E-state index contributed by atoms with van der Waals surface area (Å²) in [6, 6.07) is 26.3. The summed E-state index contributed by atoms with van der Waals surface area (Å²) in [6.45, 7) is 15.3. The van der Waals surface area contributed by atoms with Crippen molar-refractivity contribution in [1.29, 1.82) is 0 Å². The third kappa shape index (κ3) is 16.5. The minimum atomic E-state index is -0.434. The van der Waals surface area contributed by atoms with Crippen LogP contribution in [0.3, 0.4) is 0 Å². The van der Waals surface area contributed by atoms with E-state index in [1.807, 2.05) is 42.5 Å². The molecule has 0 bridgehead atoms. The Balaban J connectivity index is 1.10. The molecule has 0 spiro atoms. The van der Waals surface area contributed by atoms with Gasteiger partial charge in [-0.25, -0.2) is 14.4 Å². The van der Waals surface area contributed by atoms with Crippen LogP contribution in [0.4, 0.5) is 5.69 Å². The van der Waals surface area contributed by atoms with E-state index >= 15 is 0 Å². The summed E-state index contributed by atoms with van der Waals surface area (Å²) in [5, 5.41) is 3.36. The maximum Gasteiger partial charge on any atom is 0.343 e. The summed E-state index contributed by atoms with van der Waals surface area (Å²) >= 11 is 0. The number of carbonyl (C=O) groups excluding carboxylic acids is 3. The Morgan fingerprint density at radius 2 is 1.07 bits per heavy atom. The molecule has 0 radical (unpaired) electrons. The quantitative estimate of drug-likeness (QED) is 0.0262. The fraction of sp³-hybridized carbons (Fsp3) is 0.353. The molecular formula is C51H61NO7. The van der Waals surface area contributed by atoms with Crippen LogP contribution in [0.15, 0.2) is 111 Å². The van der Waals surface area contributed by atoms with Gasteiger partial charge in [0.05, 0.1) is 24.3 Å². The number of carbonyl (C=O) groups is 3. The molecule has 59 heavy (non-hydrogen) atoms. The molecule has 0 aromatic heterocycles. The predicted molar refractivity (Wildman–Crippen MR) is 239 cm³/mol. The van der Waals surface area contributed by atoms with E-state index in [0.29, 0.717) is 41.6 Å². The van der Waals surface area contributed by atoms with Gasteiger partial charge in [-0.2, -0.15) is 0 Å². The van der Waals surface area contributed by atoms with E-state index in [1.165, 1.54) is 30.0 Å². The van der Waals surface area contributed by atoms with Crippen molar-refractivity contribution in [2.75, 3.05) is 25.1 Å². The van der Waals surface area contributed by atoms with Crippen LogP contribution < -0.4 is 19.5 Å². The van der Waals surface area contributed by atoms with Crippen molar-refractivity contribution in [2.24, 2.45) is 0 Å². The second kappa shape index (κ2) is 26.2. The van der Waals surface area contributed by atoms with Gasteiger partial charge in [-0.15, -0.1) is 0 Å². The van der Waals surface area contributed by atoms with E-state index in [2.05, 4.69) is 38.0 Å². The van der Waals surface area contributed by atoms with Crippen LogP contribution in [0.5, 0.6) is 17.2 Å². The summed E-state index contributed by atoms with van der Waals surface area (Å²) in [6.07, 6.45) is 19.2. The smallest absolute Gasteiger partial charge is 0.343 e. The molecule has 0 amide bonds. The number of unbranched alkanes of at least 4 members (excludes halogenated alkanes) is 9. The largest absolute Gasteiger partial charge is 0.494 e. The molecule has 8 heteroatoms. The van der Waals surface area contributed by atoms with Crippen LogP contribution in [-0.4, -0.2) is 37.7 Å². The number of nitrogens with one attached hydrogen (secondary N) is 1. The highest BCUT2D eigenvalue weighted by molar-refractivity contribution is 5.92. The molecule has 0 aliphatic carbocycles. The van der Waals surface area contributed by atoms with Crippen LogP contribution >= 0.6 is 0 Å². The Morgan fingerprint density at radius 3 is 1.58 bits per heavy atom. The highest BCUT2D eigenvalue weighted by Gasteiger charge is 2.14. The van der Waals surface area contributed by atoms with Crippen LogP contribution in [0.1, 0.15) is 127 Å². The Bertz CT molecular complexity index is 1950. The van der Waals surface area contributed by atoms with Crippen LogP contribution in [0.2, 0.25) is 0 Å². The van der Waals surface area contributed by atoms with E-state index in [-0.39, 0.29) is 5.97 Å². The van der Waals surface area contributed by atoms with Crippen molar-refractivity contribution in [3.63, 3.8) is 0 Å². The van der Waals surface area contributed by atoms with Crippen molar-refractivity contribution in [3.8, 4) is 17.2 Å². The first-order valence-corrected chi connectivity index (χ1v) is 21.1. The number of anilines is 1. The molecule has 0 saturated carbocycles. The Morgan fingerprint density at radius 1 is 0.576 bits per heavy atom. The fourth-order valence-corrected chi connectivity index (χ4v) is 6.50. The van der Waals surface area contributed by atoms with E-state index in [4.69, 9.17) is 18.9 Å². The number of ether oxygens (including phenoxy) is 4. The molecular weight excluding hydrogens is 739 g/mol. The van der Waals surface area contributed by atoms with Gasteiger partial charge in [-0.05, 0) is 142 Å².